The number of anilines is 2. The molecule has 0 atom stereocenters. The zero-order valence-corrected chi connectivity index (χ0v) is 12.9. The number of fused-ring (bicyclic) bond motifs is 1. The molecule has 0 spiro atoms. The highest BCUT2D eigenvalue weighted by Crippen LogP contribution is 2.33. The number of nitrogens with two attached hydrogens (primary N) is 1. The Labute approximate surface area is 132 Å². The highest BCUT2D eigenvalue weighted by molar-refractivity contribution is 6.08. The number of hydrogen-bond acceptors (Lipinski definition) is 5. The van der Waals surface area contributed by atoms with E-state index in [9.17, 15) is 14.9 Å². The average molecular weight is 315 g/mol. The summed E-state index contributed by atoms with van der Waals surface area (Å²) >= 11 is 0. The van der Waals surface area contributed by atoms with Gasteiger partial charge in [0.05, 0.1) is 4.92 Å². The summed E-state index contributed by atoms with van der Waals surface area (Å²) in [6.07, 6.45) is 1.55. The lowest BCUT2D eigenvalue weighted by molar-refractivity contribution is -0.385. The highest BCUT2D eigenvalue weighted by Gasteiger charge is 2.34. The molecule has 0 bridgehead atoms. The van der Waals surface area contributed by atoms with E-state index < -0.39 is 10.8 Å². The van der Waals surface area contributed by atoms with Gasteiger partial charge in [-0.15, -0.1) is 0 Å². The zero-order chi connectivity index (χ0) is 16.7. The van der Waals surface area contributed by atoms with Crippen molar-refractivity contribution in [3.05, 3.63) is 45.3 Å². The SMILES string of the molecule is Cc1nn(C)c(C(=O)N2CCCc3c(N)cccc32)c1[N+](=O)[O-]. The van der Waals surface area contributed by atoms with Gasteiger partial charge in [-0.25, -0.2) is 0 Å². The number of carbonyl (C=O) groups is 1. The van der Waals surface area contributed by atoms with Crippen LogP contribution in [0.3, 0.4) is 0 Å². The summed E-state index contributed by atoms with van der Waals surface area (Å²) in [5.41, 5.74) is 8.23. The zero-order valence-electron chi connectivity index (χ0n) is 12.9. The van der Waals surface area contributed by atoms with E-state index in [4.69, 9.17) is 5.73 Å². The Balaban J connectivity index is 2.11. The highest BCUT2D eigenvalue weighted by atomic mass is 16.6. The molecular weight excluding hydrogens is 298 g/mol. The van der Waals surface area contributed by atoms with Gasteiger partial charge in [-0.3, -0.25) is 19.6 Å². The monoisotopic (exact) mass is 315 g/mol. The summed E-state index contributed by atoms with van der Waals surface area (Å²) in [6, 6.07) is 5.39. The number of carbonyl (C=O) groups excluding carboxylic acids is 1. The van der Waals surface area contributed by atoms with E-state index in [1.165, 1.54) is 18.7 Å². The van der Waals surface area contributed by atoms with Crippen LogP contribution in [0.15, 0.2) is 18.2 Å². The topological polar surface area (TPSA) is 107 Å². The lowest BCUT2D eigenvalue weighted by Gasteiger charge is -2.30. The molecule has 1 aliphatic heterocycles. The molecule has 3 rings (SSSR count). The molecule has 23 heavy (non-hydrogen) atoms. The smallest absolute Gasteiger partial charge is 0.322 e. The standard InChI is InChI=1S/C15H17N5O3/c1-9-13(20(22)23)14(18(2)17-9)15(21)19-8-4-5-10-11(16)6-3-7-12(10)19/h3,6-7H,4-5,8,16H2,1-2H3. The Morgan fingerprint density at radius 3 is 2.87 bits per heavy atom. The van der Waals surface area contributed by atoms with Crippen molar-refractivity contribution in [3.63, 3.8) is 0 Å². The van der Waals surface area contributed by atoms with Crippen molar-refractivity contribution >= 4 is 23.0 Å². The van der Waals surface area contributed by atoms with Crippen LogP contribution in [0.1, 0.15) is 28.2 Å². The van der Waals surface area contributed by atoms with Crippen LogP contribution in [0.2, 0.25) is 0 Å². The maximum Gasteiger partial charge on any atom is 0.322 e. The minimum absolute atomic E-state index is 0.0113. The van der Waals surface area contributed by atoms with Crippen LogP contribution in [0.4, 0.5) is 17.1 Å². The molecule has 0 fully saturated rings. The lowest BCUT2D eigenvalue weighted by atomic mass is 9.99. The number of nitro groups is 1. The first-order valence-corrected chi connectivity index (χ1v) is 7.29. The Bertz CT molecular complexity index is 812. The molecule has 120 valence electrons. The Kier molecular flexibility index (Phi) is 3.51. The van der Waals surface area contributed by atoms with Gasteiger partial charge in [0, 0.05) is 25.0 Å². The molecule has 1 amide bonds. The van der Waals surface area contributed by atoms with Crippen LogP contribution in [-0.2, 0) is 13.5 Å². The van der Waals surface area contributed by atoms with Gasteiger partial charge in [0.2, 0.25) is 5.69 Å². The van der Waals surface area contributed by atoms with E-state index in [1.807, 2.05) is 6.07 Å². The van der Waals surface area contributed by atoms with Gasteiger partial charge in [0.15, 0.2) is 0 Å². The van der Waals surface area contributed by atoms with Gasteiger partial charge < -0.3 is 10.6 Å². The molecule has 0 radical (unpaired) electrons. The van der Waals surface area contributed by atoms with Crippen molar-refractivity contribution < 1.29 is 9.72 Å². The van der Waals surface area contributed by atoms with Gasteiger partial charge in [0.25, 0.3) is 5.91 Å². The van der Waals surface area contributed by atoms with E-state index in [0.717, 1.165) is 24.1 Å². The predicted octanol–water partition coefficient (Wildman–Crippen LogP) is 1.81. The molecule has 8 nitrogen and oxygen atoms in total. The van der Waals surface area contributed by atoms with E-state index in [2.05, 4.69) is 5.10 Å². The summed E-state index contributed by atoms with van der Waals surface area (Å²) in [7, 11) is 1.54. The second-order valence-corrected chi connectivity index (χ2v) is 5.57. The average Bonchev–Trinajstić information content (AvgIpc) is 2.81. The molecule has 2 aromatic rings. The second-order valence-electron chi connectivity index (χ2n) is 5.57. The number of amides is 1. The summed E-state index contributed by atoms with van der Waals surface area (Å²) in [4.78, 5) is 25.3. The minimum Gasteiger partial charge on any atom is -0.398 e. The third-order valence-corrected chi connectivity index (χ3v) is 4.11. The van der Waals surface area contributed by atoms with Crippen molar-refractivity contribution in [2.75, 3.05) is 17.2 Å². The molecule has 0 unspecified atom stereocenters. The number of benzene rings is 1. The second kappa shape index (κ2) is 5.38. The number of aromatic nitrogens is 2. The van der Waals surface area contributed by atoms with Gasteiger partial charge in [-0.05, 0) is 37.5 Å². The largest absolute Gasteiger partial charge is 0.398 e. The van der Waals surface area contributed by atoms with Crippen molar-refractivity contribution in [2.45, 2.75) is 19.8 Å². The molecule has 8 heteroatoms. The van der Waals surface area contributed by atoms with Crippen LogP contribution >= 0.6 is 0 Å². The lowest BCUT2D eigenvalue weighted by Crippen LogP contribution is -2.37. The molecule has 1 aliphatic rings. The Morgan fingerprint density at radius 2 is 2.17 bits per heavy atom. The number of hydrogen-bond donors (Lipinski definition) is 1. The fourth-order valence-electron chi connectivity index (χ4n) is 3.10. The third kappa shape index (κ3) is 2.32. The van der Waals surface area contributed by atoms with E-state index in [-0.39, 0.29) is 17.1 Å². The number of rotatable bonds is 2. The van der Waals surface area contributed by atoms with Crippen molar-refractivity contribution in [3.8, 4) is 0 Å². The number of aryl methyl sites for hydroxylation is 2. The molecule has 0 saturated heterocycles. The third-order valence-electron chi connectivity index (χ3n) is 4.11. The molecule has 1 aromatic heterocycles. The maximum atomic E-state index is 13.0. The molecule has 2 heterocycles. The first-order chi connectivity index (χ1) is 10.9. The van der Waals surface area contributed by atoms with Crippen molar-refractivity contribution in [1.82, 2.24) is 9.78 Å². The van der Waals surface area contributed by atoms with Crippen LogP contribution in [0.5, 0.6) is 0 Å². The first kappa shape index (κ1) is 15.0. The Hall–Kier alpha value is -2.90. The Morgan fingerprint density at radius 1 is 1.43 bits per heavy atom. The van der Waals surface area contributed by atoms with Crippen molar-refractivity contribution in [2.24, 2.45) is 7.05 Å². The normalized spacial score (nSPS) is 13.7. The summed E-state index contributed by atoms with van der Waals surface area (Å²) in [6.45, 7) is 2.02. The molecule has 1 aromatic carbocycles. The van der Waals surface area contributed by atoms with Crippen molar-refractivity contribution in [1.29, 1.82) is 0 Å². The van der Waals surface area contributed by atoms with Gasteiger partial charge in [-0.1, -0.05) is 6.07 Å². The van der Waals surface area contributed by atoms with Crippen LogP contribution in [0, 0.1) is 17.0 Å². The van der Waals surface area contributed by atoms with Gasteiger partial charge >= 0.3 is 5.69 Å². The molecule has 0 saturated carbocycles. The van der Waals surface area contributed by atoms with Crippen LogP contribution in [0.25, 0.3) is 0 Å². The van der Waals surface area contributed by atoms with Gasteiger partial charge in [-0.2, -0.15) is 5.10 Å². The van der Waals surface area contributed by atoms with Crippen LogP contribution < -0.4 is 10.6 Å². The van der Waals surface area contributed by atoms with Crippen LogP contribution in [-0.4, -0.2) is 27.2 Å². The van der Waals surface area contributed by atoms with E-state index in [0.29, 0.717) is 12.2 Å². The molecule has 0 aliphatic carbocycles. The first-order valence-electron chi connectivity index (χ1n) is 7.29. The fraction of sp³-hybridized carbons (Fsp3) is 0.333. The predicted molar refractivity (Wildman–Crippen MR) is 85.5 cm³/mol. The van der Waals surface area contributed by atoms with E-state index in [1.54, 1.807) is 17.0 Å². The fourth-order valence-corrected chi connectivity index (χ4v) is 3.10. The number of nitrogens with zero attached hydrogens (tertiary/aromatic N) is 4. The minimum atomic E-state index is -0.556. The van der Waals surface area contributed by atoms with Gasteiger partial charge in [0.1, 0.15) is 5.69 Å². The molecular formula is C15H17N5O3. The summed E-state index contributed by atoms with van der Waals surface area (Å²) < 4.78 is 1.27. The maximum absolute atomic E-state index is 13.0. The van der Waals surface area contributed by atoms with E-state index >= 15 is 0 Å². The number of nitrogen functional groups attached to an aromatic ring is 1. The summed E-state index contributed by atoms with van der Waals surface area (Å²) in [5, 5.41) is 15.3. The summed E-state index contributed by atoms with van der Waals surface area (Å²) in [5.74, 6) is -0.425. The molecule has 2 N–H and O–H groups in total. The quantitative estimate of drug-likeness (QED) is 0.516.